The third-order valence-corrected chi connectivity index (χ3v) is 5.42. The van der Waals surface area contributed by atoms with Crippen molar-refractivity contribution in [1.82, 2.24) is 9.38 Å². The number of hydrogen-bond donors (Lipinski definition) is 1. The fourth-order valence-electron chi connectivity index (χ4n) is 2.59. The zero-order valence-corrected chi connectivity index (χ0v) is 11.5. The van der Waals surface area contributed by atoms with Gasteiger partial charge in [0.1, 0.15) is 5.65 Å². The molecule has 0 spiro atoms. The van der Waals surface area contributed by atoms with Gasteiger partial charge < -0.3 is 9.51 Å². The van der Waals surface area contributed by atoms with E-state index in [-0.39, 0.29) is 23.0 Å². The first kappa shape index (κ1) is 13.1. The molecular formula is C13H14N2O4S. The van der Waals surface area contributed by atoms with Gasteiger partial charge in [-0.2, -0.15) is 0 Å². The number of imidazole rings is 1. The fraction of sp³-hybridized carbons (Fsp3) is 0.385. The van der Waals surface area contributed by atoms with E-state index in [0.717, 1.165) is 12.1 Å². The number of aromatic nitrogens is 2. The van der Waals surface area contributed by atoms with Crippen LogP contribution in [0.25, 0.3) is 5.65 Å². The smallest absolute Gasteiger partial charge is 0.337 e. The number of fused-ring (bicyclic) bond motifs is 1. The number of rotatable bonds is 2. The van der Waals surface area contributed by atoms with E-state index in [0.29, 0.717) is 12.1 Å². The number of aromatic carboxylic acids is 1. The van der Waals surface area contributed by atoms with Crippen LogP contribution >= 0.6 is 0 Å². The Bertz CT molecular complexity index is 779. The number of sulfone groups is 1. The Balaban J connectivity index is 1.98. The van der Waals surface area contributed by atoms with Gasteiger partial charge in [-0.05, 0) is 25.0 Å². The van der Waals surface area contributed by atoms with Crippen LogP contribution in [0.2, 0.25) is 0 Å². The van der Waals surface area contributed by atoms with Crippen molar-refractivity contribution in [1.29, 1.82) is 0 Å². The second kappa shape index (κ2) is 4.59. The van der Waals surface area contributed by atoms with Crippen LogP contribution in [0.1, 0.15) is 34.8 Å². The van der Waals surface area contributed by atoms with Crippen molar-refractivity contribution in [2.45, 2.75) is 18.8 Å². The van der Waals surface area contributed by atoms with E-state index >= 15 is 0 Å². The first-order valence-corrected chi connectivity index (χ1v) is 8.19. The average Bonchev–Trinajstić information content (AvgIpc) is 2.80. The quantitative estimate of drug-likeness (QED) is 0.902. The highest BCUT2D eigenvalue weighted by Crippen LogP contribution is 2.27. The summed E-state index contributed by atoms with van der Waals surface area (Å²) in [4.78, 5) is 15.3. The van der Waals surface area contributed by atoms with Crippen molar-refractivity contribution in [2.24, 2.45) is 0 Å². The molecule has 0 aliphatic carbocycles. The number of pyridine rings is 1. The van der Waals surface area contributed by atoms with E-state index in [4.69, 9.17) is 5.11 Å². The molecule has 1 saturated heterocycles. The number of carboxylic acid groups (broad SMARTS) is 1. The van der Waals surface area contributed by atoms with Crippen LogP contribution in [-0.2, 0) is 9.84 Å². The molecule has 3 rings (SSSR count). The Morgan fingerprint density at radius 2 is 2.15 bits per heavy atom. The van der Waals surface area contributed by atoms with Crippen LogP contribution in [0.15, 0.2) is 24.5 Å². The lowest BCUT2D eigenvalue weighted by Gasteiger charge is -2.19. The SMILES string of the molecule is O=C(O)c1ccc2nc(C3CCCS(=O)(=O)C3)cn2c1. The maximum atomic E-state index is 11.7. The highest BCUT2D eigenvalue weighted by Gasteiger charge is 2.27. The van der Waals surface area contributed by atoms with E-state index in [1.807, 2.05) is 0 Å². The molecule has 20 heavy (non-hydrogen) atoms. The normalized spacial score (nSPS) is 21.9. The number of carboxylic acids is 1. The predicted molar refractivity (Wildman–Crippen MR) is 72.8 cm³/mol. The van der Waals surface area contributed by atoms with Gasteiger partial charge in [-0.1, -0.05) is 0 Å². The van der Waals surface area contributed by atoms with Gasteiger partial charge in [0.05, 0.1) is 22.8 Å². The zero-order valence-electron chi connectivity index (χ0n) is 10.7. The average molecular weight is 294 g/mol. The van der Waals surface area contributed by atoms with Crippen LogP contribution in [0.4, 0.5) is 0 Å². The molecule has 1 aliphatic rings. The van der Waals surface area contributed by atoms with Gasteiger partial charge in [0, 0.05) is 18.3 Å². The largest absolute Gasteiger partial charge is 0.478 e. The van der Waals surface area contributed by atoms with E-state index in [2.05, 4.69) is 4.98 Å². The van der Waals surface area contributed by atoms with Crippen LogP contribution < -0.4 is 0 Å². The van der Waals surface area contributed by atoms with Crippen molar-refractivity contribution < 1.29 is 18.3 Å². The Kier molecular flexibility index (Phi) is 3.01. The molecule has 0 saturated carbocycles. The molecule has 106 valence electrons. The molecule has 1 atom stereocenters. The molecule has 7 heteroatoms. The Morgan fingerprint density at radius 1 is 1.35 bits per heavy atom. The Morgan fingerprint density at radius 3 is 2.85 bits per heavy atom. The standard InChI is InChI=1S/C13H14N2O4S/c16-13(17)9-3-4-12-14-11(7-15(12)6-9)10-2-1-5-20(18,19)8-10/h3-4,6-7,10H,1-2,5,8H2,(H,16,17). The van der Waals surface area contributed by atoms with Gasteiger partial charge in [0.2, 0.25) is 0 Å². The van der Waals surface area contributed by atoms with Gasteiger partial charge in [0.15, 0.2) is 9.84 Å². The van der Waals surface area contributed by atoms with Crippen molar-refractivity contribution in [3.8, 4) is 0 Å². The summed E-state index contributed by atoms with van der Waals surface area (Å²) in [6.45, 7) is 0. The first-order valence-electron chi connectivity index (χ1n) is 6.37. The van der Waals surface area contributed by atoms with Crippen molar-refractivity contribution in [3.63, 3.8) is 0 Å². The lowest BCUT2D eigenvalue weighted by molar-refractivity contribution is 0.0696. The Hall–Kier alpha value is -1.89. The fourth-order valence-corrected chi connectivity index (χ4v) is 4.31. The van der Waals surface area contributed by atoms with Crippen LogP contribution in [0, 0.1) is 0 Å². The molecule has 1 fully saturated rings. The molecule has 1 unspecified atom stereocenters. The van der Waals surface area contributed by atoms with Crippen LogP contribution in [0.5, 0.6) is 0 Å². The lowest BCUT2D eigenvalue weighted by Crippen LogP contribution is -2.23. The minimum Gasteiger partial charge on any atom is -0.478 e. The second-order valence-electron chi connectivity index (χ2n) is 5.11. The summed E-state index contributed by atoms with van der Waals surface area (Å²) >= 11 is 0. The van der Waals surface area contributed by atoms with Crippen molar-refractivity contribution in [2.75, 3.05) is 11.5 Å². The highest BCUT2D eigenvalue weighted by atomic mass is 32.2. The summed E-state index contributed by atoms with van der Waals surface area (Å²) in [5, 5.41) is 8.96. The monoisotopic (exact) mass is 294 g/mol. The number of hydrogen-bond acceptors (Lipinski definition) is 4. The third-order valence-electron chi connectivity index (χ3n) is 3.60. The molecule has 2 aromatic heterocycles. The van der Waals surface area contributed by atoms with Gasteiger partial charge in [-0.25, -0.2) is 18.2 Å². The van der Waals surface area contributed by atoms with Crippen molar-refractivity contribution >= 4 is 21.5 Å². The summed E-state index contributed by atoms with van der Waals surface area (Å²) in [6.07, 6.45) is 4.68. The van der Waals surface area contributed by atoms with Gasteiger partial charge in [0.25, 0.3) is 0 Å². The Labute approximate surface area is 116 Å². The molecule has 1 N–H and O–H groups in total. The topological polar surface area (TPSA) is 88.7 Å². The van der Waals surface area contributed by atoms with Gasteiger partial charge >= 0.3 is 5.97 Å². The maximum absolute atomic E-state index is 11.7. The molecule has 0 amide bonds. The second-order valence-corrected chi connectivity index (χ2v) is 7.34. The number of carbonyl (C=O) groups is 1. The first-order chi connectivity index (χ1) is 9.44. The van der Waals surface area contributed by atoms with Gasteiger partial charge in [-0.15, -0.1) is 0 Å². The molecule has 0 radical (unpaired) electrons. The van der Waals surface area contributed by atoms with Gasteiger partial charge in [-0.3, -0.25) is 0 Å². The summed E-state index contributed by atoms with van der Waals surface area (Å²) in [5.41, 5.74) is 1.53. The molecule has 1 aliphatic heterocycles. The minimum atomic E-state index is -2.98. The van der Waals surface area contributed by atoms with E-state index in [1.165, 1.54) is 12.3 Å². The summed E-state index contributed by atoms with van der Waals surface area (Å²) in [5.74, 6) is -0.716. The molecular weight excluding hydrogens is 280 g/mol. The summed E-state index contributed by atoms with van der Waals surface area (Å²) in [7, 11) is -2.98. The molecule has 2 aromatic rings. The highest BCUT2D eigenvalue weighted by molar-refractivity contribution is 7.91. The molecule has 6 nitrogen and oxygen atoms in total. The molecule has 3 heterocycles. The minimum absolute atomic E-state index is 0.0954. The van der Waals surface area contributed by atoms with Crippen molar-refractivity contribution in [3.05, 3.63) is 35.8 Å². The number of nitrogens with zero attached hydrogens (tertiary/aromatic N) is 2. The summed E-state index contributed by atoms with van der Waals surface area (Å²) < 4.78 is 25.0. The molecule has 0 aromatic carbocycles. The zero-order chi connectivity index (χ0) is 14.3. The van der Waals surface area contributed by atoms with E-state index < -0.39 is 15.8 Å². The van der Waals surface area contributed by atoms with Crippen LogP contribution in [-0.4, -0.2) is 40.4 Å². The third kappa shape index (κ3) is 2.40. The predicted octanol–water partition coefficient (Wildman–Crippen LogP) is 1.32. The lowest BCUT2D eigenvalue weighted by atomic mass is 10.0. The van der Waals surface area contributed by atoms with E-state index in [9.17, 15) is 13.2 Å². The molecule has 0 bridgehead atoms. The van der Waals surface area contributed by atoms with Crippen LogP contribution in [0.3, 0.4) is 0 Å². The van der Waals surface area contributed by atoms with E-state index in [1.54, 1.807) is 16.7 Å². The maximum Gasteiger partial charge on any atom is 0.337 e. The summed E-state index contributed by atoms with van der Waals surface area (Å²) in [6, 6.07) is 3.12.